The summed E-state index contributed by atoms with van der Waals surface area (Å²) in [6.45, 7) is 5.08. The van der Waals surface area contributed by atoms with Crippen LogP contribution in [0.4, 0.5) is 5.95 Å². The quantitative estimate of drug-likeness (QED) is 0.786. The molecule has 1 aliphatic rings. The van der Waals surface area contributed by atoms with Crippen molar-refractivity contribution in [1.82, 2.24) is 9.97 Å². The molecule has 0 radical (unpaired) electrons. The first kappa shape index (κ1) is 10.2. The molecule has 1 heterocycles. The van der Waals surface area contributed by atoms with Crippen LogP contribution in [0.5, 0.6) is 0 Å². The number of hydrogen-bond acceptors (Lipinski definition) is 3. The zero-order valence-corrected chi connectivity index (χ0v) is 9.26. The Labute approximate surface area is 89.1 Å². The fourth-order valence-electron chi connectivity index (χ4n) is 1.83. The Balaban J connectivity index is 2.20. The first-order valence-electron chi connectivity index (χ1n) is 5.52. The normalized spacial score (nSPS) is 14.3. The van der Waals surface area contributed by atoms with Crippen molar-refractivity contribution in [2.75, 3.05) is 11.9 Å². The molecule has 2 N–H and O–H groups in total. The standard InChI is InChI=1S/C11H17N3O/c1-7(2)6-12-11-13-9-5-3-4-8(9)10(15)14-11/h7H,3-6H2,1-2H3,(H2,12,13,14,15). The number of aryl methyl sites for hydroxylation is 1. The summed E-state index contributed by atoms with van der Waals surface area (Å²) in [7, 11) is 0. The van der Waals surface area contributed by atoms with Crippen molar-refractivity contribution in [1.29, 1.82) is 0 Å². The predicted octanol–water partition coefficient (Wildman–Crippen LogP) is 1.33. The molecule has 1 aromatic rings. The van der Waals surface area contributed by atoms with Gasteiger partial charge in [-0.25, -0.2) is 4.98 Å². The largest absolute Gasteiger partial charge is 0.355 e. The molecule has 1 aromatic heterocycles. The minimum atomic E-state index is 0.0313. The summed E-state index contributed by atoms with van der Waals surface area (Å²) in [5, 5.41) is 3.15. The number of nitrogens with one attached hydrogen (secondary N) is 2. The van der Waals surface area contributed by atoms with Crippen molar-refractivity contribution in [3.8, 4) is 0 Å². The molecule has 0 fully saturated rings. The van der Waals surface area contributed by atoms with Crippen LogP contribution < -0.4 is 10.9 Å². The van der Waals surface area contributed by atoms with Crippen LogP contribution in [0, 0.1) is 5.92 Å². The fourth-order valence-corrected chi connectivity index (χ4v) is 1.83. The molecule has 0 saturated carbocycles. The van der Waals surface area contributed by atoms with E-state index in [9.17, 15) is 4.79 Å². The van der Waals surface area contributed by atoms with Gasteiger partial charge in [0.15, 0.2) is 0 Å². The molecular weight excluding hydrogens is 190 g/mol. The first-order chi connectivity index (χ1) is 7.16. The lowest BCUT2D eigenvalue weighted by molar-refractivity contribution is 0.683. The third kappa shape index (κ3) is 2.19. The van der Waals surface area contributed by atoms with E-state index < -0.39 is 0 Å². The molecule has 0 atom stereocenters. The predicted molar refractivity (Wildman–Crippen MR) is 60.2 cm³/mol. The van der Waals surface area contributed by atoms with Crippen LogP contribution in [0.2, 0.25) is 0 Å². The van der Waals surface area contributed by atoms with Crippen molar-refractivity contribution in [2.24, 2.45) is 5.92 Å². The zero-order valence-electron chi connectivity index (χ0n) is 9.26. The van der Waals surface area contributed by atoms with Crippen LogP contribution in [0.15, 0.2) is 4.79 Å². The van der Waals surface area contributed by atoms with Gasteiger partial charge in [-0.2, -0.15) is 0 Å². The van der Waals surface area contributed by atoms with Gasteiger partial charge < -0.3 is 5.32 Å². The lowest BCUT2D eigenvalue weighted by Crippen LogP contribution is -2.19. The topological polar surface area (TPSA) is 57.8 Å². The van der Waals surface area contributed by atoms with Gasteiger partial charge in [-0.15, -0.1) is 0 Å². The van der Waals surface area contributed by atoms with E-state index in [0.717, 1.165) is 37.1 Å². The van der Waals surface area contributed by atoms with Gasteiger partial charge in [0.05, 0.1) is 5.69 Å². The molecule has 0 unspecified atom stereocenters. The molecular formula is C11H17N3O. The fraction of sp³-hybridized carbons (Fsp3) is 0.636. The SMILES string of the molecule is CC(C)CNc1nc2c(c(=O)[nH]1)CCC2. The van der Waals surface area contributed by atoms with Crippen molar-refractivity contribution in [3.05, 3.63) is 21.6 Å². The zero-order chi connectivity index (χ0) is 10.8. The summed E-state index contributed by atoms with van der Waals surface area (Å²) < 4.78 is 0. The monoisotopic (exact) mass is 207 g/mol. The Hall–Kier alpha value is -1.32. The highest BCUT2D eigenvalue weighted by Gasteiger charge is 2.16. The van der Waals surface area contributed by atoms with E-state index in [-0.39, 0.29) is 5.56 Å². The molecule has 4 heteroatoms. The van der Waals surface area contributed by atoms with E-state index in [1.54, 1.807) is 0 Å². The summed E-state index contributed by atoms with van der Waals surface area (Å²) in [6, 6.07) is 0. The molecule has 0 spiro atoms. The number of aromatic amines is 1. The second-order valence-corrected chi connectivity index (χ2v) is 4.47. The van der Waals surface area contributed by atoms with E-state index in [4.69, 9.17) is 0 Å². The van der Waals surface area contributed by atoms with Gasteiger partial charge in [0.2, 0.25) is 5.95 Å². The number of fused-ring (bicyclic) bond motifs is 1. The third-order valence-electron chi connectivity index (χ3n) is 2.62. The smallest absolute Gasteiger partial charge is 0.255 e. The number of H-pyrrole nitrogens is 1. The Bertz CT molecular complexity index is 409. The summed E-state index contributed by atoms with van der Waals surface area (Å²) >= 11 is 0. The molecule has 0 aromatic carbocycles. The van der Waals surface area contributed by atoms with Gasteiger partial charge in [-0.1, -0.05) is 13.8 Å². The molecule has 0 amide bonds. The van der Waals surface area contributed by atoms with Gasteiger partial charge in [-0.3, -0.25) is 9.78 Å². The summed E-state index contributed by atoms with van der Waals surface area (Å²) in [4.78, 5) is 18.8. The molecule has 15 heavy (non-hydrogen) atoms. The Morgan fingerprint density at radius 1 is 1.47 bits per heavy atom. The molecule has 82 valence electrons. The number of hydrogen-bond donors (Lipinski definition) is 2. The maximum absolute atomic E-state index is 11.6. The van der Waals surface area contributed by atoms with Crippen molar-refractivity contribution in [2.45, 2.75) is 33.1 Å². The number of rotatable bonds is 3. The van der Waals surface area contributed by atoms with Crippen LogP contribution >= 0.6 is 0 Å². The third-order valence-corrected chi connectivity index (χ3v) is 2.62. The van der Waals surface area contributed by atoms with Gasteiger partial charge in [-0.05, 0) is 25.2 Å². The summed E-state index contributed by atoms with van der Waals surface area (Å²) in [5.74, 6) is 1.16. The Kier molecular flexibility index (Phi) is 2.75. The Morgan fingerprint density at radius 2 is 2.27 bits per heavy atom. The molecule has 0 saturated heterocycles. The van der Waals surface area contributed by atoms with E-state index >= 15 is 0 Å². The number of nitrogens with zero attached hydrogens (tertiary/aromatic N) is 1. The maximum Gasteiger partial charge on any atom is 0.255 e. The molecule has 0 aliphatic heterocycles. The lowest BCUT2D eigenvalue weighted by Gasteiger charge is -2.08. The van der Waals surface area contributed by atoms with Gasteiger partial charge in [0.1, 0.15) is 0 Å². The number of aromatic nitrogens is 2. The van der Waals surface area contributed by atoms with Crippen molar-refractivity contribution in [3.63, 3.8) is 0 Å². The molecule has 4 nitrogen and oxygen atoms in total. The molecule has 1 aliphatic carbocycles. The number of anilines is 1. The van der Waals surface area contributed by atoms with Crippen molar-refractivity contribution < 1.29 is 0 Å². The molecule has 2 rings (SSSR count). The van der Waals surface area contributed by atoms with Crippen LogP contribution in [0.1, 0.15) is 31.5 Å². The average Bonchev–Trinajstić information content (AvgIpc) is 2.63. The van der Waals surface area contributed by atoms with Crippen LogP contribution in [-0.4, -0.2) is 16.5 Å². The molecule has 0 bridgehead atoms. The lowest BCUT2D eigenvalue weighted by atomic mass is 10.2. The van der Waals surface area contributed by atoms with E-state index in [2.05, 4.69) is 29.1 Å². The van der Waals surface area contributed by atoms with Crippen LogP contribution in [0.3, 0.4) is 0 Å². The van der Waals surface area contributed by atoms with E-state index in [1.165, 1.54) is 0 Å². The van der Waals surface area contributed by atoms with Crippen LogP contribution in [0.25, 0.3) is 0 Å². The maximum atomic E-state index is 11.6. The highest BCUT2D eigenvalue weighted by atomic mass is 16.1. The minimum Gasteiger partial charge on any atom is -0.355 e. The van der Waals surface area contributed by atoms with E-state index in [0.29, 0.717) is 11.9 Å². The first-order valence-corrected chi connectivity index (χ1v) is 5.52. The van der Waals surface area contributed by atoms with Gasteiger partial charge in [0, 0.05) is 12.1 Å². The highest BCUT2D eigenvalue weighted by Crippen LogP contribution is 2.16. The van der Waals surface area contributed by atoms with Crippen molar-refractivity contribution >= 4 is 5.95 Å². The second kappa shape index (κ2) is 4.04. The Morgan fingerprint density at radius 3 is 3.00 bits per heavy atom. The highest BCUT2D eigenvalue weighted by molar-refractivity contribution is 5.32. The van der Waals surface area contributed by atoms with Crippen LogP contribution in [-0.2, 0) is 12.8 Å². The van der Waals surface area contributed by atoms with E-state index in [1.807, 2.05) is 0 Å². The average molecular weight is 207 g/mol. The van der Waals surface area contributed by atoms with Gasteiger partial charge in [0.25, 0.3) is 5.56 Å². The minimum absolute atomic E-state index is 0.0313. The summed E-state index contributed by atoms with van der Waals surface area (Å²) in [5.41, 5.74) is 1.89. The second-order valence-electron chi connectivity index (χ2n) is 4.47. The van der Waals surface area contributed by atoms with Gasteiger partial charge >= 0.3 is 0 Å². The summed E-state index contributed by atoms with van der Waals surface area (Å²) in [6.07, 6.45) is 2.87.